The number of hydrogen-bond donors (Lipinski definition) is 6. The topological polar surface area (TPSA) is 175 Å². The number of nitrogens with one attached hydrogen (secondary N) is 4. The van der Waals surface area contributed by atoms with Gasteiger partial charge in [-0.1, -0.05) is 49.6 Å². The van der Waals surface area contributed by atoms with Crippen LogP contribution in [0.1, 0.15) is 56.9 Å². The molecule has 44 heavy (non-hydrogen) atoms. The van der Waals surface area contributed by atoms with Crippen LogP contribution in [0.15, 0.2) is 30.3 Å². The van der Waals surface area contributed by atoms with Crippen LogP contribution in [0.2, 0.25) is 0 Å². The van der Waals surface area contributed by atoms with E-state index in [0.29, 0.717) is 6.42 Å². The molecule has 4 atom stereocenters. The van der Waals surface area contributed by atoms with Gasteiger partial charge in [0.2, 0.25) is 23.6 Å². The first-order valence-corrected chi connectivity index (χ1v) is 16.0. The van der Waals surface area contributed by atoms with E-state index in [4.69, 9.17) is 19.7 Å². The number of aliphatic hydroxyl groups excluding tert-OH is 2. The zero-order valence-corrected chi connectivity index (χ0v) is 25.6. The third-order valence-electron chi connectivity index (χ3n) is 8.25. The first kappa shape index (κ1) is 35.4. The number of carbonyl (C=O) groups is 4. The number of amides is 4. The van der Waals surface area contributed by atoms with Gasteiger partial charge in [0.25, 0.3) is 0 Å². The number of ether oxygens (including phenoxy) is 2. The van der Waals surface area contributed by atoms with Crippen molar-refractivity contribution in [2.45, 2.75) is 69.9 Å². The van der Waals surface area contributed by atoms with Gasteiger partial charge in [0.05, 0.1) is 39.6 Å². The summed E-state index contributed by atoms with van der Waals surface area (Å²) in [4.78, 5) is 53.4. The molecule has 2 aliphatic rings. The molecule has 0 saturated heterocycles. The van der Waals surface area contributed by atoms with Gasteiger partial charge in [-0.2, -0.15) is 0 Å². The summed E-state index contributed by atoms with van der Waals surface area (Å²) < 4.78 is 10.4. The lowest BCUT2D eigenvalue weighted by atomic mass is 9.74. The lowest BCUT2D eigenvalue weighted by Gasteiger charge is -2.34. The highest BCUT2D eigenvalue weighted by Gasteiger charge is 2.40. The molecule has 2 aliphatic carbocycles. The molecule has 0 heterocycles. The van der Waals surface area contributed by atoms with Crippen molar-refractivity contribution in [3.63, 3.8) is 0 Å². The first-order valence-electron chi connectivity index (χ1n) is 16.0. The van der Waals surface area contributed by atoms with Gasteiger partial charge in [-0.25, -0.2) is 0 Å². The lowest BCUT2D eigenvalue weighted by Crippen LogP contribution is -2.53. The van der Waals surface area contributed by atoms with Crippen LogP contribution in [0.3, 0.4) is 0 Å². The average molecular weight is 619 g/mol. The molecule has 1 aromatic rings. The summed E-state index contributed by atoms with van der Waals surface area (Å²) in [6.07, 6.45) is 6.25. The maximum absolute atomic E-state index is 13.8. The largest absolute Gasteiger partial charge is 0.394 e. The monoisotopic (exact) mass is 618 g/mol. The standard InChI is InChI=1S/C32H50N4O8/c37-13-17-43-15-11-33-29(39)24-20-25(30(40)34-12-16-44-18-14-38)22-26(21-24)31(41)36-28(19-23-7-3-1-4-8-23)32(42)35-27-9-5-2-6-10-27/h1,3-4,7-8,24-28,37-38H,2,5-6,9-22H2,(H,33,39)(H,34,40)(H,35,42)(H,36,41)/t24-,25+,26-,28-/m0/s1. The fourth-order valence-electron chi connectivity index (χ4n) is 5.97. The second-order valence-corrected chi connectivity index (χ2v) is 11.6. The van der Waals surface area contributed by atoms with Crippen molar-refractivity contribution in [2.24, 2.45) is 17.8 Å². The summed E-state index contributed by atoms with van der Waals surface area (Å²) in [7, 11) is 0. The molecule has 4 amide bonds. The van der Waals surface area contributed by atoms with Gasteiger partial charge in [-0.05, 0) is 37.7 Å². The number of aliphatic hydroxyl groups is 2. The summed E-state index contributed by atoms with van der Waals surface area (Å²) >= 11 is 0. The van der Waals surface area contributed by atoms with Crippen LogP contribution < -0.4 is 21.3 Å². The Hall–Kier alpha value is -3.06. The van der Waals surface area contributed by atoms with E-state index in [1.165, 1.54) is 0 Å². The van der Waals surface area contributed by atoms with Gasteiger partial charge in [-0.15, -0.1) is 0 Å². The quantitative estimate of drug-likeness (QED) is 0.129. The van der Waals surface area contributed by atoms with Crippen LogP contribution in [0.25, 0.3) is 0 Å². The Bertz CT molecular complexity index is 987. The zero-order chi connectivity index (χ0) is 31.6. The van der Waals surface area contributed by atoms with E-state index in [2.05, 4.69) is 21.3 Å². The molecule has 246 valence electrons. The number of carbonyl (C=O) groups excluding carboxylic acids is 4. The van der Waals surface area contributed by atoms with E-state index in [1.807, 2.05) is 30.3 Å². The van der Waals surface area contributed by atoms with Gasteiger partial charge in [0.1, 0.15) is 6.04 Å². The smallest absolute Gasteiger partial charge is 0.243 e. The maximum atomic E-state index is 13.8. The van der Waals surface area contributed by atoms with Crippen molar-refractivity contribution in [3.05, 3.63) is 35.9 Å². The Kier molecular flexibility index (Phi) is 16.2. The molecule has 0 bridgehead atoms. The van der Waals surface area contributed by atoms with Crippen LogP contribution in [0.5, 0.6) is 0 Å². The van der Waals surface area contributed by atoms with Gasteiger partial charge in [0, 0.05) is 43.3 Å². The number of rotatable bonds is 18. The van der Waals surface area contributed by atoms with Gasteiger partial charge >= 0.3 is 0 Å². The first-order chi connectivity index (χ1) is 21.4. The molecule has 0 radical (unpaired) electrons. The molecular formula is C32H50N4O8. The van der Waals surface area contributed by atoms with E-state index in [1.54, 1.807) is 0 Å². The van der Waals surface area contributed by atoms with Gasteiger partial charge in [0.15, 0.2) is 0 Å². The van der Waals surface area contributed by atoms with E-state index in [0.717, 1.165) is 37.7 Å². The Morgan fingerprint density at radius 3 is 1.77 bits per heavy atom. The minimum Gasteiger partial charge on any atom is -0.394 e. The van der Waals surface area contributed by atoms with Gasteiger partial charge < -0.3 is 41.0 Å². The van der Waals surface area contributed by atoms with Crippen LogP contribution in [-0.2, 0) is 35.1 Å². The number of hydrogen-bond acceptors (Lipinski definition) is 8. The van der Waals surface area contributed by atoms with Crippen LogP contribution in [0.4, 0.5) is 0 Å². The molecule has 6 N–H and O–H groups in total. The Morgan fingerprint density at radius 2 is 1.25 bits per heavy atom. The van der Waals surface area contributed by atoms with Gasteiger partial charge in [-0.3, -0.25) is 19.2 Å². The van der Waals surface area contributed by atoms with Crippen molar-refractivity contribution in [1.82, 2.24) is 21.3 Å². The zero-order valence-electron chi connectivity index (χ0n) is 25.6. The maximum Gasteiger partial charge on any atom is 0.243 e. The molecular weight excluding hydrogens is 568 g/mol. The Labute approximate surface area is 260 Å². The molecule has 2 saturated carbocycles. The van der Waals surface area contributed by atoms with Crippen molar-refractivity contribution < 1.29 is 38.9 Å². The second-order valence-electron chi connectivity index (χ2n) is 11.6. The molecule has 0 spiro atoms. The highest BCUT2D eigenvalue weighted by molar-refractivity contribution is 5.90. The van der Waals surface area contributed by atoms with Crippen molar-refractivity contribution in [3.8, 4) is 0 Å². The minimum atomic E-state index is -0.791. The third-order valence-corrected chi connectivity index (χ3v) is 8.25. The molecule has 0 aromatic heterocycles. The highest BCUT2D eigenvalue weighted by Crippen LogP contribution is 2.34. The molecule has 12 nitrogen and oxygen atoms in total. The summed E-state index contributed by atoms with van der Waals surface area (Å²) in [5.41, 5.74) is 0.918. The number of benzene rings is 1. The molecule has 3 rings (SSSR count). The lowest BCUT2D eigenvalue weighted by molar-refractivity contribution is -0.137. The average Bonchev–Trinajstić information content (AvgIpc) is 3.04. The third kappa shape index (κ3) is 12.5. The Morgan fingerprint density at radius 1 is 0.727 bits per heavy atom. The summed E-state index contributed by atoms with van der Waals surface area (Å²) in [6.45, 7) is 1.07. The second kappa shape index (κ2) is 20.1. The van der Waals surface area contributed by atoms with Crippen LogP contribution >= 0.6 is 0 Å². The summed E-state index contributed by atoms with van der Waals surface area (Å²) in [6, 6.07) is 8.82. The highest BCUT2D eigenvalue weighted by atomic mass is 16.5. The summed E-state index contributed by atoms with van der Waals surface area (Å²) in [5.74, 6) is -2.92. The van der Waals surface area contributed by atoms with Crippen LogP contribution in [0, 0.1) is 17.8 Å². The minimum absolute atomic E-state index is 0.0879. The SMILES string of the molecule is O=C(NCCOCCO)[C@@H]1C[C@H](C(=O)NCCOCCO)C[C@H](C(=O)N[C@@H](Cc2ccccc2)C(=O)NC2CCCCC2)C1. The van der Waals surface area contributed by atoms with E-state index in [-0.39, 0.29) is 102 Å². The van der Waals surface area contributed by atoms with E-state index in [9.17, 15) is 19.2 Å². The van der Waals surface area contributed by atoms with Crippen molar-refractivity contribution >= 4 is 23.6 Å². The molecule has 1 aromatic carbocycles. The Balaban J connectivity index is 1.69. The predicted molar refractivity (Wildman–Crippen MR) is 163 cm³/mol. The van der Waals surface area contributed by atoms with E-state index < -0.39 is 23.8 Å². The fourth-order valence-corrected chi connectivity index (χ4v) is 5.97. The molecule has 12 heteroatoms. The normalized spacial score (nSPS) is 21.2. The molecule has 2 fully saturated rings. The fraction of sp³-hybridized carbons (Fsp3) is 0.688. The molecule has 0 unspecified atom stereocenters. The summed E-state index contributed by atoms with van der Waals surface area (Å²) in [5, 5.41) is 29.5. The van der Waals surface area contributed by atoms with Crippen LogP contribution in [-0.4, -0.2) is 98.7 Å². The van der Waals surface area contributed by atoms with Crippen molar-refractivity contribution in [1.29, 1.82) is 0 Å². The van der Waals surface area contributed by atoms with Crippen molar-refractivity contribution in [2.75, 3.05) is 52.7 Å². The molecule has 0 aliphatic heterocycles. The predicted octanol–water partition coefficient (Wildman–Crippen LogP) is 0.446. The van der Waals surface area contributed by atoms with E-state index >= 15 is 0 Å².